The summed E-state index contributed by atoms with van der Waals surface area (Å²) in [5, 5.41) is 2.70. The number of nitrogens with one attached hydrogen (secondary N) is 1. The Morgan fingerprint density at radius 2 is 1.72 bits per heavy atom. The Balaban J connectivity index is 3.03. The van der Waals surface area contributed by atoms with Crippen LogP contribution in [0.15, 0.2) is 12.1 Å². The van der Waals surface area contributed by atoms with Crippen LogP contribution in [0, 0.1) is 0 Å². The minimum atomic E-state index is -0.167. The molecule has 1 rings (SSSR count). The minimum absolute atomic E-state index is 0.167. The lowest BCUT2D eigenvalue weighted by molar-refractivity contribution is -0.115. The maximum atomic E-state index is 11.5. The van der Waals surface area contributed by atoms with Crippen molar-refractivity contribution in [3.63, 3.8) is 0 Å². The van der Waals surface area contributed by atoms with Crippen LogP contribution in [0.4, 0.5) is 5.69 Å². The number of carbonyl (C=O) groups excluding carboxylic acids is 1. The molecule has 0 heterocycles. The molecule has 0 radical (unpaired) electrons. The number of amides is 1. The maximum Gasteiger partial charge on any atom is 0.225 e. The van der Waals surface area contributed by atoms with Crippen LogP contribution in [0.3, 0.4) is 0 Å². The van der Waals surface area contributed by atoms with E-state index in [1.807, 2.05) is 0 Å². The van der Waals surface area contributed by atoms with Gasteiger partial charge in [-0.05, 0) is 0 Å². The number of methoxy groups -OCH3 is 3. The molecule has 0 saturated carbocycles. The van der Waals surface area contributed by atoms with Gasteiger partial charge in [0, 0.05) is 30.1 Å². The first-order chi connectivity index (χ1) is 8.65. The molecule has 1 aromatic carbocycles. The Hall–Kier alpha value is -1.62. The minimum Gasteiger partial charge on any atom is -0.493 e. The van der Waals surface area contributed by atoms with E-state index in [1.165, 1.54) is 21.3 Å². The van der Waals surface area contributed by atoms with Gasteiger partial charge in [-0.15, -0.1) is 11.6 Å². The summed E-state index contributed by atoms with van der Waals surface area (Å²) < 4.78 is 15.5. The third-order valence-corrected chi connectivity index (χ3v) is 2.46. The number of anilines is 1. The van der Waals surface area contributed by atoms with Crippen LogP contribution in [0.5, 0.6) is 17.2 Å². The molecule has 0 unspecified atom stereocenters. The van der Waals surface area contributed by atoms with Gasteiger partial charge < -0.3 is 19.5 Å². The molecule has 0 aromatic heterocycles. The topological polar surface area (TPSA) is 56.8 Å². The predicted molar refractivity (Wildman–Crippen MR) is 70.1 cm³/mol. The molecular weight excluding hydrogens is 258 g/mol. The highest BCUT2D eigenvalue weighted by molar-refractivity contribution is 6.19. The molecule has 5 nitrogen and oxygen atoms in total. The van der Waals surface area contributed by atoms with E-state index in [0.29, 0.717) is 22.9 Å². The van der Waals surface area contributed by atoms with Crippen molar-refractivity contribution in [2.24, 2.45) is 0 Å². The normalized spacial score (nSPS) is 9.78. The molecule has 0 aliphatic rings. The lowest BCUT2D eigenvalue weighted by Crippen LogP contribution is -2.12. The first-order valence-corrected chi connectivity index (χ1v) is 5.85. The average Bonchev–Trinajstić information content (AvgIpc) is 2.37. The fraction of sp³-hybridized carbons (Fsp3) is 0.417. The Bertz CT molecular complexity index is 398. The second-order valence-corrected chi connectivity index (χ2v) is 3.78. The van der Waals surface area contributed by atoms with Gasteiger partial charge >= 0.3 is 0 Å². The highest BCUT2D eigenvalue weighted by Crippen LogP contribution is 2.39. The summed E-state index contributed by atoms with van der Waals surface area (Å²) in [6.45, 7) is 0. The van der Waals surface area contributed by atoms with Crippen LogP contribution in [0.2, 0.25) is 0 Å². The summed E-state index contributed by atoms with van der Waals surface area (Å²) in [4.78, 5) is 11.5. The Morgan fingerprint density at radius 1 is 1.17 bits per heavy atom. The van der Waals surface area contributed by atoms with Gasteiger partial charge in [0.1, 0.15) is 0 Å². The van der Waals surface area contributed by atoms with Crippen molar-refractivity contribution in [3.05, 3.63) is 12.1 Å². The SMILES string of the molecule is COc1cc(NC(=O)CCCl)cc(OC)c1OC. The molecule has 0 fully saturated rings. The van der Waals surface area contributed by atoms with E-state index in [9.17, 15) is 4.79 Å². The quantitative estimate of drug-likeness (QED) is 0.808. The lowest BCUT2D eigenvalue weighted by Gasteiger charge is -2.14. The molecule has 0 saturated heterocycles. The van der Waals surface area contributed by atoms with Crippen LogP contribution < -0.4 is 19.5 Å². The van der Waals surface area contributed by atoms with Gasteiger partial charge in [-0.3, -0.25) is 4.79 Å². The van der Waals surface area contributed by atoms with Crippen molar-refractivity contribution in [1.82, 2.24) is 0 Å². The standard InChI is InChI=1S/C12H16ClNO4/c1-16-9-6-8(14-11(15)4-5-13)7-10(17-2)12(9)18-3/h6-7H,4-5H2,1-3H3,(H,14,15). The number of rotatable bonds is 6. The summed E-state index contributed by atoms with van der Waals surface area (Å²) in [6.07, 6.45) is 0.248. The molecule has 0 aliphatic heterocycles. The van der Waals surface area contributed by atoms with Crippen LogP contribution >= 0.6 is 11.6 Å². The van der Waals surface area contributed by atoms with E-state index in [0.717, 1.165) is 0 Å². The van der Waals surface area contributed by atoms with Gasteiger partial charge in [0.05, 0.1) is 21.3 Å². The second kappa shape index (κ2) is 6.96. The number of hydrogen-bond donors (Lipinski definition) is 1. The number of hydrogen-bond acceptors (Lipinski definition) is 4. The zero-order valence-corrected chi connectivity index (χ0v) is 11.3. The zero-order valence-electron chi connectivity index (χ0n) is 10.6. The molecule has 100 valence electrons. The summed E-state index contributed by atoms with van der Waals surface area (Å²) >= 11 is 5.50. The van der Waals surface area contributed by atoms with Crippen molar-refractivity contribution in [2.75, 3.05) is 32.5 Å². The summed E-state index contributed by atoms with van der Waals surface area (Å²) in [7, 11) is 4.55. The second-order valence-electron chi connectivity index (χ2n) is 3.40. The molecule has 0 atom stereocenters. The van der Waals surface area contributed by atoms with E-state index >= 15 is 0 Å². The third kappa shape index (κ3) is 3.43. The molecule has 18 heavy (non-hydrogen) atoms. The number of halogens is 1. The van der Waals surface area contributed by atoms with Crippen LogP contribution in [0.1, 0.15) is 6.42 Å². The van der Waals surface area contributed by atoms with Crippen molar-refractivity contribution in [3.8, 4) is 17.2 Å². The van der Waals surface area contributed by atoms with E-state index in [-0.39, 0.29) is 18.2 Å². The maximum absolute atomic E-state index is 11.5. The van der Waals surface area contributed by atoms with Crippen LogP contribution in [-0.2, 0) is 4.79 Å². The van der Waals surface area contributed by atoms with Gasteiger partial charge in [-0.2, -0.15) is 0 Å². The lowest BCUT2D eigenvalue weighted by atomic mass is 10.2. The fourth-order valence-corrected chi connectivity index (χ4v) is 1.63. The molecule has 6 heteroatoms. The molecule has 1 N–H and O–H groups in total. The highest BCUT2D eigenvalue weighted by Gasteiger charge is 2.14. The van der Waals surface area contributed by atoms with Gasteiger partial charge in [0.15, 0.2) is 11.5 Å². The largest absolute Gasteiger partial charge is 0.493 e. The number of benzene rings is 1. The monoisotopic (exact) mass is 273 g/mol. The molecule has 1 amide bonds. The van der Waals surface area contributed by atoms with Crippen molar-refractivity contribution >= 4 is 23.2 Å². The molecular formula is C12H16ClNO4. The van der Waals surface area contributed by atoms with E-state index in [4.69, 9.17) is 25.8 Å². The van der Waals surface area contributed by atoms with Crippen molar-refractivity contribution in [1.29, 1.82) is 0 Å². The molecule has 0 bridgehead atoms. The number of ether oxygens (including phenoxy) is 3. The van der Waals surface area contributed by atoms with Gasteiger partial charge in [-0.1, -0.05) is 0 Å². The van der Waals surface area contributed by atoms with Crippen LogP contribution in [0.25, 0.3) is 0 Å². The van der Waals surface area contributed by atoms with Gasteiger partial charge in [-0.25, -0.2) is 0 Å². The Labute approximate surface area is 111 Å². The molecule has 0 aliphatic carbocycles. The predicted octanol–water partition coefficient (Wildman–Crippen LogP) is 2.28. The number of carbonyl (C=O) groups is 1. The van der Waals surface area contributed by atoms with E-state index < -0.39 is 0 Å². The first-order valence-electron chi connectivity index (χ1n) is 5.32. The molecule has 0 spiro atoms. The van der Waals surface area contributed by atoms with E-state index in [1.54, 1.807) is 12.1 Å². The highest BCUT2D eigenvalue weighted by atomic mass is 35.5. The van der Waals surface area contributed by atoms with Crippen LogP contribution in [-0.4, -0.2) is 33.1 Å². The van der Waals surface area contributed by atoms with E-state index in [2.05, 4.69) is 5.32 Å². The number of alkyl halides is 1. The average molecular weight is 274 g/mol. The fourth-order valence-electron chi connectivity index (χ4n) is 1.46. The third-order valence-electron chi connectivity index (χ3n) is 2.27. The Kier molecular flexibility index (Phi) is 5.58. The Morgan fingerprint density at radius 3 is 2.11 bits per heavy atom. The summed E-state index contributed by atoms with van der Waals surface area (Å²) in [5.74, 6) is 1.56. The van der Waals surface area contributed by atoms with Gasteiger partial charge in [0.25, 0.3) is 0 Å². The van der Waals surface area contributed by atoms with Crippen molar-refractivity contribution in [2.45, 2.75) is 6.42 Å². The van der Waals surface area contributed by atoms with Crippen molar-refractivity contribution < 1.29 is 19.0 Å². The zero-order chi connectivity index (χ0) is 13.5. The van der Waals surface area contributed by atoms with Gasteiger partial charge in [0.2, 0.25) is 11.7 Å². The summed E-state index contributed by atoms with van der Waals surface area (Å²) in [6, 6.07) is 3.32. The first kappa shape index (κ1) is 14.4. The molecule has 1 aromatic rings. The smallest absolute Gasteiger partial charge is 0.225 e. The summed E-state index contributed by atoms with van der Waals surface area (Å²) in [5.41, 5.74) is 0.569.